The first kappa shape index (κ1) is 20.7. The Morgan fingerprint density at radius 3 is 2.18 bits per heavy atom. The zero-order valence-corrected chi connectivity index (χ0v) is 18.2. The van der Waals surface area contributed by atoms with Crippen molar-refractivity contribution >= 4 is 17.5 Å². The van der Waals surface area contributed by atoms with Crippen molar-refractivity contribution < 1.29 is 14.3 Å². The summed E-state index contributed by atoms with van der Waals surface area (Å²) in [6.07, 6.45) is 3.27. The molecule has 2 aromatic heterocycles. The van der Waals surface area contributed by atoms with Crippen LogP contribution in [0.5, 0.6) is 5.75 Å². The molecular formula is C25H23N5O3. The second-order valence-corrected chi connectivity index (χ2v) is 7.80. The van der Waals surface area contributed by atoms with Gasteiger partial charge in [0.1, 0.15) is 11.3 Å². The van der Waals surface area contributed by atoms with Crippen LogP contribution in [0.25, 0.3) is 16.9 Å². The largest absolute Gasteiger partial charge is 0.497 e. The minimum atomic E-state index is -0.126. The van der Waals surface area contributed by atoms with Crippen LogP contribution in [0.15, 0.2) is 73.1 Å². The Labute approximate surface area is 191 Å². The number of carbonyl (C=O) groups excluding carboxylic acids is 2. The van der Waals surface area contributed by atoms with E-state index in [4.69, 9.17) is 4.74 Å². The molecule has 0 aliphatic carbocycles. The Morgan fingerprint density at radius 2 is 1.52 bits per heavy atom. The normalized spacial score (nSPS) is 13.8. The van der Waals surface area contributed by atoms with Gasteiger partial charge in [-0.15, -0.1) is 0 Å². The van der Waals surface area contributed by atoms with Crippen molar-refractivity contribution in [2.45, 2.75) is 0 Å². The summed E-state index contributed by atoms with van der Waals surface area (Å²) in [7, 11) is 1.59. The molecule has 3 heterocycles. The first-order chi connectivity index (χ1) is 16.2. The highest BCUT2D eigenvalue weighted by Crippen LogP contribution is 2.22. The molecule has 0 unspecified atom stereocenters. The topological polar surface area (TPSA) is 80.0 Å². The van der Waals surface area contributed by atoms with Gasteiger partial charge in [-0.25, -0.2) is 9.50 Å². The summed E-state index contributed by atoms with van der Waals surface area (Å²) in [5.41, 5.74) is 3.46. The van der Waals surface area contributed by atoms with Gasteiger partial charge >= 0.3 is 0 Å². The molecular weight excluding hydrogens is 418 g/mol. The molecule has 0 N–H and O–H groups in total. The molecule has 166 valence electrons. The molecule has 4 aromatic rings. The molecule has 5 rings (SSSR count). The van der Waals surface area contributed by atoms with E-state index in [0.717, 1.165) is 11.3 Å². The van der Waals surface area contributed by atoms with E-state index in [1.165, 1.54) is 0 Å². The average Bonchev–Trinajstić information content (AvgIpc) is 3.33. The van der Waals surface area contributed by atoms with Gasteiger partial charge in [0.05, 0.1) is 19.0 Å². The molecule has 33 heavy (non-hydrogen) atoms. The maximum Gasteiger partial charge on any atom is 0.259 e. The molecule has 0 spiro atoms. The number of nitrogens with zero attached hydrogens (tertiary/aromatic N) is 5. The van der Waals surface area contributed by atoms with Gasteiger partial charge in [-0.3, -0.25) is 9.59 Å². The summed E-state index contributed by atoms with van der Waals surface area (Å²) in [4.78, 5) is 34.0. The summed E-state index contributed by atoms with van der Waals surface area (Å²) < 4.78 is 6.85. The molecule has 8 nitrogen and oxygen atoms in total. The predicted molar refractivity (Wildman–Crippen MR) is 123 cm³/mol. The lowest BCUT2D eigenvalue weighted by Gasteiger charge is -2.34. The maximum absolute atomic E-state index is 13.3. The standard InChI is InChI=1S/C25H23N5O3/c1-33-20-9-7-19(8-10-20)24(31)28-13-15-29(16-14-28)25(32)21-17-27-30-22(11-12-26-23(21)30)18-5-3-2-4-6-18/h2-12,17H,13-16H2,1H3. The van der Waals surface area contributed by atoms with Gasteiger partial charge in [0.25, 0.3) is 11.8 Å². The van der Waals surface area contributed by atoms with Crippen LogP contribution in [0.2, 0.25) is 0 Å². The van der Waals surface area contributed by atoms with Gasteiger partial charge in [0.15, 0.2) is 5.65 Å². The maximum atomic E-state index is 13.3. The number of methoxy groups -OCH3 is 1. The van der Waals surface area contributed by atoms with Crippen LogP contribution in [-0.2, 0) is 0 Å². The zero-order chi connectivity index (χ0) is 22.8. The van der Waals surface area contributed by atoms with Crippen LogP contribution in [0, 0.1) is 0 Å². The van der Waals surface area contributed by atoms with E-state index >= 15 is 0 Å². The molecule has 1 aliphatic heterocycles. The summed E-state index contributed by atoms with van der Waals surface area (Å²) >= 11 is 0. The van der Waals surface area contributed by atoms with Gasteiger partial charge in [0, 0.05) is 43.5 Å². The van der Waals surface area contributed by atoms with Crippen molar-refractivity contribution in [3.05, 3.63) is 84.2 Å². The lowest BCUT2D eigenvalue weighted by Crippen LogP contribution is -2.50. The summed E-state index contributed by atoms with van der Waals surface area (Å²) in [6.45, 7) is 1.85. The van der Waals surface area contributed by atoms with Crippen LogP contribution in [0.1, 0.15) is 20.7 Å². The van der Waals surface area contributed by atoms with Gasteiger partial charge in [-0.1, -0.05) is 30.3 Å². The second-order valence-electron chi connectivity index (χ2n) is 7.80. The van der Waals surface area contributed by atoms with Crippen LogP contribution in [-0.4, -0.2) is 69.5 Å². The van der Waals surface area contributed by atoms with Crippen molar-refractivity contribution in [1.29, 1.82) is 0 Å². The van der Waals surface area contributed by atoms with E-state index < -0.39 is 0 Å². The Balaban J connectivity index is 1.31. The first-order valence-electron chi connectivity index (χ1n) is 10.8. The third-order valence-electron chi connectivity index (χ3n) is 5.89. The number of benzene rings is 2. The summed E-state index contributed by atoms with van der Waals surface area (Å²) in [5, 5.41) is 4.44. The van der Waals surface area contributed by atoms with Gasteiger partial charge in [-0.05, 0) is 30.3 Å². The molecule has 0 bridgehead atoms. The number of fused-ring (bicyclic) bond motifs is 1. The molecule has 8 heteroatoms. The summed E-state index contributed by atoms with van der Waals surface area (Å²) in [5.74, 6) is 0.536. The van der Waals surface area contributed by atoms with Gasteiger partial charge in [0.2, 0.25) is 0 Å². The SMILES string of the molecule is COc1ccc(C(=O)N2CCN(C(=O)c3cnn4c(-c5ccccc5)ccnc34)CC2)cc1. The van der Waals surface area contributed by atoms with Crippen molar-refractivity contribution in [3.8, 4) is 17.0 Å². The van der Waals surface area contributed by atoms with E-state index in [-0.39, 0.29) is 11.8 Å². The summed E-state index contributed by atoms with van der Waals surface area (Å²) in [6, 6.07) is 18.8. The number of hydrogen-bond acceptors (Lipinski definition) is 5. The highest BCUT2D eigenvalue weighted by Gasteiger charge is 2.27. The smallest absolute Gasteiger partial charge is 0.259 e. The predicted octanol–water partition coefficient (Wildman–Crippen LogP) is 3.00. The Kier molecular flexibility index (Phi) is 5.48. The minimum absolute atomic E-state index is 0.0464. The van der Waals surface area contributed by atoms with Crippen molar-refractivity contribution in [2.75, 3.05) is 33.3 Å². The quantitative estimate of drug-likeness (QED) is 0.486. The highest BCUT2D eigenvalue weighted by atomic mass is 16.5. The van der Waals surface area contributed by atoms with E-state index in [1.54, 1.807) is 58.1 Å². The third kappa shape index (κ3) is 3.91. The molecule has 0 radical (unpaired) electrons. The van der Waals surface area contributed by atoms with Crippen molar-refractivity contribution in [2.24, 2.45) is 0 Å². The van der Waals surface area contributed by atoms with Crippen molar-refractivity contribution in [1.82, 2.24) is 24.4 Å². The van der Waals surface area contributed by atoms with Crippen LogP contribution in [0.4, 0.5) is 0 Å². The van der Waals surface area contributed by atoms with E-state index in [1.807, 2.05) is 36.4 Å². The minimum Gasteiger partial charge on any atom is -0.497 e. The number of piperazine rings is 1. The van der Waals surface area contributed by atoms with Crippen molar-refractivity contribution in [3.63, 3.8) is 0 Å². The fourth-order valence-corrected chi connectivity index (χ4v) is 4.07. The highest BCUT2D eigenvalue weighted by molar-refractivity contribution is 6.00. The molecule has 1 fully saturated rings. The number of carbonyl (C=O) groups is 2. The number of rotatable bonds is 4. The van der Waals surface area contributed by atoms with E-state index in [9.17, 15) is 9.59 Å². The number of amides is 2. The monoisotopic (exact) mass is 441 g/mol. The van der Waals surface area contributed by atoms with Crippen LogP contribution < -0.4 is 4.74 Å². The molecule has 0 atom stereocenters. The lowest BCUT2D eigenvalue weighted by atomic mass is 10.1. The van der Waals surface area contributed by atoms with Crippen LogP contribution >= 0.6 is 0 Å². The molecule has 1 saturated heterocycles. The number of hydrogen-bond donors (Lipinski definition) is 0. The Bertz CT molecular complexity index is 1290. The molecule has 1 aliphatic rings. The molecule has 2 amide bonds. The number of ether oxygens (including phenoxy) is 1. The van der Waals surface area contributed by atoms with Gasteiger partial charge in [-0.2, -0.15) is 5.10 Å². The van der Waals surface area contributed by atoms with E-state index in [0.29, 0.717) is 48.7 Å². The fourth-order valence-electron chi connectivity index (χ4n) is 4.07. The third-order valence-corrected chi connectivity index (χ3v) is 5.89. The Hall–Kier alpha value is -4.20. The van der Waals surface area contributed by atoms with Crippen LogP contribution in [0.3, 0.4) is 0 Å². The first-order valence-corrected chi connectivity index (χ1v) is 10.8. The second kappa shape index (κ2) is 8.74. The van der Waals surface area contributed by atoms with Gasteiger partial charge < -0.3 is 14.5 Å². The Morgan fingerprint density at radius 1 is 0.848 bits per heavy atom. The molecule has 2 aromatic carbocycles. The fraction of sp³-hybridized carbons (Fsp3) is 0.200. The average molecular weight is 441 g/mol. The number of aromatic nitrogens is 3. The van der Waals surface area contributed by atoms with E-state index in [2.05, 4.69) is 10.1 Å². The molecule has 0 saturated carbocycles. The lowest BCUT2D eigenvalue weighted by molar-refractivity contribution is 0.0536. The zero-order valence-electron chi connectivity index (χ0n) is 18.2.